The van der Waals surface area contributed by atoms with Crippen LogP contribution in [0.25, 0.3) is 10.9 Å². The van der Waals surface area contributed by atoms with E-state index in [9.17, 15) is 9.59 Å². The normalized spacial score (nSPS) is 13.7. The Morgan fingerprint density at radius 3 is 2.41 bits per heavy atom. The summed E-state index contributed by atoms with van der Waals surface area (Å²) in [6.07, 6.45) is 2.00. The van der Waals surface area contributed by atoms with Crippen molar-refractivity contribution in [1.29, 1.82) is 0 Å². The van der Waals surface area contributed by atoms with E-state index in [4.69, 9.17) is 0 Å². The number of fused-ring (bicyclic) bond motifs is 1. The fourth-order valence-electron chi connectivity index (χ4n) is 3.65. The van der Waals surface area contributed by atoms with Gasteiger partial charge >= 0.3 is 0 Å². The van der Waals surface area contributed by atoms with Crippen molar-refractivity contribution in [2.75, 3.05) is 0 Å². The number of carbonyl (C=O) groups is 1. The smallest absolute Gasteiger partial charge is 0.254 e. The number of hydrogen-bond donors (Lipinski definition) is 1. The number of benzene rings is 2. The first-order valence-corrected chi connectivity index (χ1v) is 9.43. The zero-order valence-corrected chi connectivity index (χ0v) is 16.0. The zero-order chi connectivity index (χ0) is 19.1. The van der Waals surface area contributed by atoms with Crippen molar-refractivity contribution in [2.45, 2.75) is 46.2 Å². The molecule has 0 unspecified atom stereocenters. The van der Waals surface area contributed by atoms with Crippen molar-refractivity contribution in [3.8, 4) is 0 Å². The number of carbonyl (C=O) groups excluding carboxylic acids is 1. The summed E-state index contributed by atoms with van der Waals surface area (Å²) in [4.78, 5) is 30.6. The lowest BCUT2D eigenvalue weighted by molar-refractivity contribution is 0.0729. The molecule has 27 heavy (non-hydrogen) atoms. The second kappa shape index (κ2) is 6.69. The van der Waals surface area contributed by atoms with Crippen molar-refractivity contribution < 1.29 is 4.79 Å². The Kier molecular flexibility index (Phi) is 4.34. The molecule has 4 rings (SSSR count). The average Bonchev–Trinajstić information content (AvgIpc) is 3.46. The van der Waals surface area contributed by atoms with E-state index in [1.165, 1.54) is 0 Å². The van der Waals surface area contributed by atoms with Crippen LogP contribution in [0.5, 0.6) is 0 Å². The first-order chi connectivity index (χ1) is 12.9. The third kappa shape index (κ3) is 3.52. The molecule has 1 amide bonds. The molecule has 1 N–H and O–H groups in total. The molecule has 0 bridgehead atoms. The molecule has 3 aromatic rings. The van der Waals surface area contributed by atoms with Crippen LogP contribution in [0.2, 0.25) is 0 Å². The number of aromatic nitrogens is 1. The highest BCUT2D eigenvalue weighted by molar-refractivity contribution is 5.94. The summed E-state index contributed by atoms with van der Waals surface area (Å²) < 4.78 is 0. The minimum absolute atomic E-state index is 0.00239. The van der Waals surface area contributed by atoms with Crippen LogP contribution < -0.4 is 5.56 Å². The van der Waals surface area contributed by atoms with Gasteiger partial charge in [0.15, 0.2) is 0 Å². The second-order valence-electron chi connectivity index (χ2n) is 7.70. The van der Waals surface area contributed by atoms with Crippen LogP contribution in [0, 0.1) is 20.8 Å². The van der Waals surface area contributed by atoms with Gasteiger partial charge in [-0.1, -0.05) is 29.3 Å². The van der Waals surface area contributed by atoms with E-state index in [2.05, 4.69) is 24.0 Å². The van der Waals surface area contributed by atoms with Gasteiger partial charge in [-0.15, -0.1) is 0 Å². The SMILES string of the molecule is Cc1ccc(C(=O)N(Cc2cc3cc(C)cc(C)c3[nH]c2=O)C2CC2)cc1. The van der Waals surface area contributed by atoms with Crippen molar-refractivity contribution in [3.63, 3.8) is 0 Å². The summed E-state index contributed by atoms with van der Waals surface area (Å²) in [5.74, 6) is -0.00239. The van der Waals surface area contributed by atoms with Crippen LogP contribution in [0.4, 0.5) is 0 Å². The minimum Gasteiger partial charge on any atom is -0.331 e. The highest BCUT2D eigenvalue weighted by atomic mass is 16.2. The largest absolute Gasteiger partial charge is 0.331 e. The number of rotatable bonds is 4. The zero-order valence-electron chi connectivity index (χ0n) is 16.0. The maximum Gasteiger partial charge on any atom is 0.254 e. The van der Waals surface area contributed by atoms with E-state index in [1.54, 1.807) is 0 Å². The molecule has 1 saturated carbocycles. The van der Waals surface area contributed by atoms with Gasteiger partial charge in [0, 0.05) is 17.2 Å². The van der Waals surface area contributed by atoms with Crippen molar-refractivity contribution >= 4 is 16.8 Å². The van der Waals surface area contributed by atoms with Gasteiger partial charge in [0.2, 0.25) is 0 Å². The lowest BCUT2D eigenvalue weighted by Gasteiger charge is -2.22. The fourth-order valence-corrected chi connectivity index (χ4v) is 3.65. The predicted octanol–water partition coefficient (Wildman–Crippen LogP) is 4.26. The molecule has 0 radical (unpaired) electrons. The maximum absolute atomic E-state index is 13.0. The minimum atomic E-state index is -0.114. The van der Waals surface area contributed by atoms with E-state index in [1.807, 2.05) is 49.1 Å². The summed E-state index contributed by atoms with van der Waals surface area (Å²) in [5, 5.41) is 1.01. The van der Waals surface area contributed by atoms with Gasteiger partial charge in [-0.25, -0.2) is 0 Å². The second-order valence-corrected chi connectivity index (χ2v) is 7.70. The van der Waals surface area contributed by atoms with Gasteiger partial charge in [0.25, 0.3) is 11.5 Å². The molecule has 0 spiro atoms. The summed E-state index contributed by atoms with van der Waals surface area (Å²) in [6, 6.07) is 13.9. The average molecular weight is 360 g/mol. The summed E-state index contributed by atoms with van der Waals surface area (Å²) >= 11 is 0. The van der Waals surface area contributed by atoms with Crippen LogP contribution in [0.15, 0.2) is 47.3 Å². The number of aromatic amines is 1. The van der Waals surface area contributed by atoms with E-state index in [0.717, 1.165) is 40.4 Å². The number of hydrogen-bond acceptors (Lipinski definition) is 2. The molecule has 0 saturated heterocycles. The van der Waals surface area contributed by atoms with Crippen molar-refractivity contribution in [1.82, 2.24) is 9.88 Å². The molecule has 1 aromatic heterocycles. The molecule has 1 fully saturated rings. The highest BCUT2D eigenvalue weighted by Crippen LogP contribution is 2.30. The van der Waals surface area contributed by atoms with E-state index < -0.39 is 0 Å². The molecule has 0 aliphatic heterocycles. The Morgan fingerprint density at radius 2 is 1.74 bits per heavy atom. The molecule has 1 heterocycles. The van der Waals surface area contributed by atoms with E-state index >= 15 is 0 Å². The molecule has 1 aliphatic rings. The number of H-pyrrole nitrogens is 1. The fraction of sp³-hybridized carbons (Fsp3) is 0.304. The molecular formula is C23H24N2O2. The first-order valence-electron chi connectivity index (χ1n) is 9.43. The number of nitrogens with zero attached hydrogens (tertiary/aromatic N) is 1. The third-order valence-corrected chi connectivity index (χ3v) is 5.26. The van der Waals surface area contributed by atoms with Crippen LogP contribution in [-0.2, 0) is 6.54 Å². The van der Waals surface area contributed by atoms with Gasteiger partial charge in [0.1, 0.15) is 0 Å². The van der Waals surface area contributed by atoms with E-state index in [0.29, 0.717) is 17.7 Å². The van der Waals surface area contributed by atoms with Crippen LogP contribution in [-0.4, -0.2) is 21.8 Å². The number of pyridine rings is 1. The predicted molar refractivity (Wildman–Crippen MR) is 108 cm³/mol. The lowest BCUT2D eigenvalue weighted by atomic mass is 10.0. The van der Waals surface area contributed by atoms with Crippen LogP contribution in [0.1, 0.15) is 45.5 Å². The van der Waals surface area contributed by atoms with Crippen LogP contribution in [0.3, 0.4) is 0 Å². The van der Waals surface area contributed by atoms with Crippen molar-refractivity contribution in [2.24, 2.45) is 0 Å². The molecular weight excluding hydrogens is 336 g/mol. The Balaban J connectivity index is 1.70. The van der Waals surface area contributed by atoms with E-state index in [-0.39, 0.29) is 17.5 Å². The highest BCUT2D eigenvalue weighted by Gasteiger charge is 2.33. The van der Waals surface area contributed by atoms with Gasteiger partial charge in [-0.3, -0.25) is 9.59 Å². The van der Waals surface area contributed by atoms with Gasteiger partial charge in [0.05, 0.1) is 12.1 Å². The standard InChI is InChI=1S/C23H24N2O2/c1-14-4-6-17(7-5-14)23(27)25(20-8-9-20)13-19-12-18-11-15(2)10-16(3)21(18)24-22(19)26/h4-7,10-12,20H,8-9,13H2,1-3H3,(H,24,26). The van der Waals surface area contributed by atoms with Gasteiger partial charge in [-0.05, 0) is 68.8 Å². The number of nitrogens with one attached hydrogen (secondary N) is 1. The Morgan fingerprint density at radius 1 is 1.04 bits per heavy atom. The topological polar surface area (TPSA) is 53.2 Å². The molecule has 2 aromatic carbocycles. The van der Waals surface area contributed by atoms with Crippen molar-refractivity contribution in [3.05, 3.63) is 80.6 Å². The molecule has 138 valence electrons. The molecule has 1 aliphatic carbocycles. The Hall–Kier alpha value is -2.88. The number of aryl methyl sites for hydroxylation is 3. The lowest BCUT2D eigenvalue weighted by Crippen LogP contribution is -2.34. The summed E-state index contributed by atoms with van der Waals surface area (Å²) in [7, 11) is 0. The Labute approximate surface area is 158 Å². The summed E-state index contributed by atoms with van der Waals surface area (Å²) in [5.41, 5.74) is 5.42. The molecule has 4 heteroatoms. The third-order valence-electron chi connectivity index (χ3n) is 5.26. The van der Waals surface area contributed by atoms with Crippen LogP contribution >= 0.6 is 0 Å². The van der Waals surface area contributed by atoms with Gasteiger partial charge < -0.3 is 9.88 Å². The molecule has 0 atom stereocenters. The summed E-state index contributed by atoms with van der Waals surface area (Å²) in [6.45, 7) is 6.40. The quantitative estimate of drug-likeness (QED) is 0.756. The molecule has 4 nitrogen and oxygen atoms in total. The van der Waals surface area contributed by atoms with Gasteiger partial charge in [-0.2, -0.15) is 0 Å². The monoisotopic (exact) mass is 360 g/mol. The number of amides is 1. The maximum atomic E-state index is 13.0. The first kappa shape index (κ1) is 17.5. The Bertz CT molecular complexity index is 1080.